The van der Waals surface area contributed by atoms with Crippen LogP contribution in [0.15, 0.2) is 17.3 Å². The zero-order valence-electron chi connectivity index (χ0n) is 9.91. The molecule has 7 nitrogen and oxygen atoms in total. The lowest BCUT2D eigenvalue weighted by atomic mass is 10.2. The SMILES string of the molecule is CC(CCCl)S(=O)(=O)c1nccc(C#N)c1[N+](=O)[O-]. The van der Waals surface area contributed by atoms with E-state index in [2.05, 4.69) is 4.98 Å². The van der Waals surface area contributed by atoms with E-state index in [0.29, 0.717) is 0 Å². The van der Waals surface area contributed by atoms with Crippen molar-refractivity contribution in [2.24, 2.45) is 0 Å². The Balaban J connectivity index is 3.52. The molecule has 102 valence electrons. The largest absolute Gasteiger partial charge is 0.324 e. The summed E-state index contributed by atoms with van der Waals surface area (Å²) in [5.74, 6) is 0.103. The van der Waals surface area contributed by atoms with E-state index in [1.165, 1.54) is 6.92 Å². The number of rotatable bonds is 5. The number of alkyl halides is 1. The first kappa shape index (κ1) is 15.3. The highest BCUT2D eigenvalue weighted by molar-refractivity contribution is 7.92. The van der Waals surface area contributed by atoms with Gasteiger partial charge in [0.25, 0.3) is 0 Å². The topological polar surface area (TPSA) is 114 Å². The number of halogens is 1. The molecule has 0 aliphatic heterocycles. The molecule has 0 N–H and O–H groups in total. The lowest BCUT2D eigenvalue weighted by Crippen LogP contribution is -2.21. The van der Waals surface area contributed by atoms with Gasteiger partial charge in [-0.2, -0.15) is 5.26 Å². The summed E-state index contributed by atoms with van der Waals surface area (Å²) >= 11 is 5.48. The molecule has 9 heteroatoms. The van der Waals surface area contributed by atoms with Crippen molar-refractivity contribution in [3.63, 3.8) is 0 Å². The van der Waals surface area contributed by atoms with Crippen LogP contribution in [-0.4, -0.2) is 29.5 Å². The molecule has 0 saturated heterocycles. The van der Waals surface area contributed by atoms with Crippen molar-refractivity contribution in [1.29, 1.82) is 5.26 Å². The standard InChI is InChI=1S/C10H10ClN3O4S/c1-7(2-4-11)19(17,18)10-9(14(15)16)8(6-12)3-5-13-10/h3,5,7H,2,4H2,1H3. The van der Waals surface area contributed by atoms with Crippen molar-refractivity contribution < 1.29 is 13.3 Å². The molecule has 1 unspecified atom stereocenters. The highest BCUT2D eigenvalue weighted by atomic mass is 35.5. The second-order valence-corrected chi connectivity index (χ2v) is 6.37. The summed E-state index contributed by atoms with van der Waals surface area (Å²) in [6.07, 6.45) is 1.20. The Hall–Kier alpha value is -1.72. The number of sulfone groups is 1. The minimum absolute atomic E-state index is 0.103. The van der Waals surface area contributed by atoms with Gasteiger partial charge in [-0.15, -0.1) is 11.6 Å². The molecular formula is C10H10ClN3O4S. The van der Waals surface area contributed by atoms with Crippen LogP contribution in [0.25, 0.3) is 0 Å². The van der Waals surface area contributed by atoms with Crippen LogP contribution in [0.1, 0.15) is 18.9 Å². The highest BCUT2D eigenvalue weighted by Crippen LogP contribution is 2.28. The second kappa shape index (κ2) is 5.95. The maximum Gasteiger partial charge on any atom is 0.324 e. The van der Waals surface area contributed by atoms with Crippen LogP contribution in [0.5, 0.6) is 0 Å². The monoisotopic (exact) mass is 303 g/mol. The maximum atomic E-state index is 12.2. The Bertz CT molecular complexity index is 639. The van der Waals surface area contributed by atoms with Crippen LogP contribution < -0.4 is 0 Å². The number of hydrogen-bond acceptors (Lipinski definition) is 6. The van der Waals surface area contributed by atoms with Gasteiger partial charge in [-0.1, -0.05) is 0 Å². The van der Waals surface area contributed by atoms with Crippen molar-refractivity contribution in [2.75, 3.05) is 5.88 Å². The van der Waals surface area contributed by atoms with Crippen LogP contribution in [-0.2, 0) is 9.84 Å². The van der Waals surface area contributed by atoms with Gasteiger partial charge < -0.3 is 0 Å². The Morgan fingerprint density at radius 2 is 2.26 bits per heavy atom. The molecule has 0 spiro atoms. The van der Waals surface area contributed by atoms with E-state index in [-0.39, 0.29) is 17.9 Å². The third kappa shape index (κ3) is 3.00. The zero-order chi connectivity index (χ0) is 14.6. The minimum atomic E-state index is -4.00. The summed E-state index contributed by atoms with van der Waals surface area (Å²) in [6, 6.07) is 2.69. The highest BCUT2D eigenvalue weighted by Gasteiger charge is 2.34. The van der Waals surface area contributed by atoms with Gasteiger partial charge in [0.1, 0.15) is 11.6 Å². The molecule has 0 bridgehead atoms. The van der Waals surface area contributed by atoms with Crippen molar-refractivity contribution in [2.45, 2.75) is 23.6 Å². The Morgan fingerprint density at radius 1 is 1.63 bits per heavy atom. The van der Waals surface area contributed by atoms with Crippen LogP contribution in [0.3, 0.4) is 0 Å². The van der Waals surface area contributed by atoms with Gasteiger partial charge in [0.05, 0.1) is 10.2 Å². The molecule has 1 atom stereocenters. The molecule has 0 aliphatic rings. The molecule has 1 rings (SSSR count). The van der Waals surface area contributed by atoms with Crippen molar-refractivity contribution in [3.05, 3.63) is 27.9 Å². The minimum Gasteiger partial charge on any atom is -0.258 e. The van der Waals surface area contributed by atoms with Gasteiger partial charge >= 0.3 is 5.69 Å². The van der Waals surface area contributed by atoms with Gasteiger partial charge in [0, 0.05) is 12.1 Å². The quantitative estimate of drug-likeness (QED) is 0.464. The van der Waals surface area contributed by atoms with Gasteiger partial charge in [0.15, 0.2) is 0 Å². The van der Waals surface area contributed by atoms with Crippen molar-refractivity contribution in [1.82, 2.24) is 4.98 Å². The molecule has 1 aromatic heterocycles. The Morgan fingerprint density at radius 3 is 2.74 bits per heavy atom. The molecule has 0 radical (unpaired) electrons. The van der Waals surface area contributed by atoms with E-state index in [0.717, 1.165) is 12.3 Å². The lowest BCUT2D eigenvalue weighted by molar-refractivity contribution is -0.388. The summed E-state index contributed by atoms with van der Waals surface area (Å²) in [6.45, 7) is 1.39. The van der Waals surface area contributed by atoms with Crippen LogP contribution in [0.2, 0.25) is 0 Å². The third-order valence-electron chi connectivity index (χ3n) is 2.51. The van der Waals surface area contributed by atoms with Crippen LogP contribution in [0.4, 0.5) is 5.69 Å². The summed E-state index contributed by atoms with van der Waals surface area (Å²) in [7, 11) is -4.00. The molecule has 0 aromatic carbocycles. The van der Waals surface area contributed by atoms with E-state index in [4.69, 9.17) is 16.9 Å². The lowest BCUT2D eigenvalue weighted by Gasteiger charge is -2.10. The van der Waals surface area contributed by atoms with Gasteiger partial charge in [-0.3, -0.25) is 10.1 Å². The normalized spacial score (nSPS) is 12.7. The molecule has 19 heavy (non-hydrogen) atoms. The van der Waals surface area contributed by atoms with E-state index in [1.807, 2.05) is 0 Å². The fraction of sp³-hybridized carbons (Fsp3) is 0.400. The van der Waals surface area contributed by atoms with Gasteiger partial charge in [0.2, 0.25) is 14.9 Å². The summed E-state index contributed by atoms with van der Waals surface area (Å²) < 4.78 is 24.4. The Labute approximate surface area is 114 Å². The average Bonchev–Trinajstić information content (AvgIpc) is 2.37. The smallest absolute Gasteiger partial charge is 0.258 e. The predicted octanol–water partition coefficient (Wildman–Crippen LogP) is 1.65. The molecule has 0 fully saturated rings. The van der Waals surface area contributed by atoms with Crippen molar-refractivity contribution in [3.8, 4) is 6.07 Å². The number of nitriles is 1. The number of nitro groups is 1. The third-order valence-corrected chi connectivity index (χ3v) is 4.86. The first-order valence-electron chi connectivity index (χ1n) is 5.19. The second-order valence-electron chi connectivity index (χ2n) is 3.71. The molecule has 0 saturated carbocycles. The fourth-order valence-electron chi connectivity index (χ4n) is 1.41. The maximum absolute atomic E-state index is 12.2. The van der Waals surface area contributed by atoms with E-state index >= 15 is 0 Å². The summed E-state index contributed by atoms with van der Waals surface area (Å²) in [4.78, 5) is 13.6. The van der Waals surface area contributed by atoms with Gasteiger partial charge in [-0.05, 0) is 19.4 Å². The molecule has 0 aliphatic carbocycles. The molecule has 1 aromatic rings. The number of nitrogens with zero attached hydrogens (tertiary/aromatic N) is 3. The average molecular weight is 304 g/mol. The number of hydrogen-bond donors (Lipinski definition) is 0. The van der Waals surface area contributed by atoms with Crippen molar-refractivity contribution >= 4 is 27.1 Å². The fourth-order valence-corrected chi connectivity index (χ4v) is 3.34. The Kier molecular flexibility index (Phi) is 4.80. The number of pyridine rings is 1. The predicted molar refractivity (Wildman–Crippen MR) is 67.6 cm³/mol. The first-order valence-corrected chi connectivity index (χ1v) is 7.27. The zero-order valence-corrected chi connectivity index (χ0v) is 11.5. The molecule has 1 heterocycles. The number of aromatic nitrogens is 1. The van der Waals surface area contributed by atoms with E-state index in [9.17, 15) is 18.5 Å². The summed E-state index contributed by atoms with van der Waals surface area (Å²) in [5, 5.41) is 18.2. The summed E-state index contributed by atoms with van der Waals surface area (Å²) in [5.41, 5.74) is -1.12. The first-order chi connectivity index (χ1) is 8.86. The van der Waals surface area contributed by atoms with Crippen LogP contribution >= 0.6 is 11.6 Å². The van der Waals surface area contributed by atoms with E-state index in [1.54, 1.807) is 6.07 Å². The van der Waals surface area contributed by atoms with E-state index < -0.39 is 30.7 Å². The van der Waals surface area contributed by atoms with Crippen LogP contribution in [0, 0.1) is 21.4 Å². The molecule has 0 amide bonds. The molecular weight excluding hydrogens is 294 g/mol. The van der Waals surface area contributed by atoms with Gasteiger partial charge in [-0.25, -0.2) is 13.4 Å².